The van der Waals surface area contributed by atoms with Gasteiger partial charge in [-0.15, -0.1) is 0 Å². The van der Waals surface area contributed by atoms with Gasteiger partial charge in [-0.25, -0.2) is 4.39 Å². The molecule has 0 aliphatic heterocycles. The second-order valence-electron chi connectivity index (χ2n) is 2.86. The molecule has 0 radical (unpaired) electrons. The summed E-state index contributed by atoms with van der Waals surface area (Å²) >= 11 is 0. The number of carbonyl (C=O) groups is 1. The Morgan fingerprint density at radius 2 is 1.38 bits per heavy atom. The van der Waals surface area contributed by atoms with Gasteiger partial charge in [0.05, 0.1) is 6.42 Å². The van der Waals surface area contributed by atoms with Crippen molar-refractivity contribution in [2.24, 2.45) is 0 Å². The van der Waals surface area contributed by atoms with Gasteiger partial charge in [0.2, 0.25) is 0 Å². The van der Waals surface area contributed by atoms with Gasteiger partial charge in [-0.05, 0) is 0 Å². The molecule has 2 nitrogen and oxygen atoms in total. The highest BCUT2D eigenvalue weighted by molar-refractivity contribution is 5.93. The molecule has 0 spiro atoms. The Morgan fingerprint density at radius 3 is 1.56 bits per heavy atom. The van der Waals surface area contributed by atoms with Crippen LogP contribution in [0, 0.1) is 0 Å². The molecular weight excluding hydrogens is 249 g/mol. The van der Waals surface area contributed by atoms with Crippen LogP contribution in [-0.4, -0.2) is 28.8 Å². The van der Waals surface area contributed by atoms with Crippen molar-refractivity contribution in [1.29, 1.82) is 0 Å². The molecule has 0 unspecified atom stereocenters. The first-order chi connectivity index (χ1) is 6.83. The lowest BCUT2D eigenvalue weighted by atomic mass is 9.95. The Bertz CT molecular complexity index is 287. The maximum Gasteiger partial charge on any atom is 0.426 e. The fourth-order valence-electron chi connectivity index (χ4n) is 0.689. The van der Waals surface area contributed by atoms with Gasteiger partial charge in [0, 0.05) is 0 Å². The Hall–Kier alpha value is -1.12. The molecule has 0 aromatic rings. The molecule has 0 atom stereocenters. The van der Waals surface area contributed by atoms with Crippen LogP contribution in [0.3, 0.4) is 0 Å². The summed E-state index contributed by atoms with van der Waals surface area (Å²) in [6.07, 6.45) is -14.8. The van der Waals surface area contributed by atoms with Crippen molar-refractivity contribution in [3.8, 4) is 0 Å². The van der Waals surface area contributed by atoms with Crippen LogP contribution >= 0.6 is 0 Å². The Morgan fingerprint density at radius 1 is 1.06 bits per heavy atom. The number of rotatable bonds is 3. The Labute approximate surface area is 84.4 Å². The molecule has 0 aromatic carbocycles. The second-order valence-corrected chi connectivity index (χ2v) is 2.86. The maximum absolute atomic E-state index is 12.0. The molecule has 0 aromatic heterocycles. The van der Waals surface area contributed by atoms with Crippen molar-refractivity contribution >= 4 is 5.78 Å². The van der Waals surface area contributed by atoms with E-state index in [1.54, 1.807) is 0 Å². The zero-order valence-electron chi connectivity index (χ0n) is 7.42. The lowest BCUT2D eigenvalue weighted by Gasteiger charge is -2.31. The SMILES string of the molecule is C=C(F)C(=O)CC(O)(C(F)(F)F)C(F)(F)F. The van der Waals surface area contributed by atoms with E-state index in [2.05, 4.69) is 6.58 Å². The monoisotopic (exact) mass is 254 g/mol. The van der Waals surface area contributed by atoms with E-state index in [1.807, 2.05) is 0 Å². The summed E-state index contributed by atoms with van der Waals surface area (Å²) in [4.78, 5) is 10.4. The first-order valence-electron chi connectivity index (χ1n) is 3.56. The third-order valence-electron chi connectivity index (χ3n) is 1.66. The van der Waals surface area contributed by atoms with Gasteiger partial charge in [-0.3, -0.25) is 4.79 Å². The van der Waals surface area contributed by atoms with Crippen molar-refractivity contribution in [3.63, 3.8) is 0 Å². The molecule has 0 saturated heterocycles. The number of alkyl halides is 6. The molecule has 0 aliphatic carbocycles. The highest BCUT2D eigenvalue weighted by atomic mass is 19.4. The van der Waals surface area contributed by atoms with E-state index in [0.29, 0.717) is 0 Å². The quantitative estimate of drug-likeness (QED) is 0.619. The van der Waals surface area contributed by atoms with Crippen LogP contribution in [0.25, 0.3) is 0 Å². The Balaban J connectivity index is 5.30. The van der Waals surface area contributed by atoms with Crippen LogP contribution < -0.4 is 0 Å². The van der Waals surface area contributed by atoms with Crippen molar-refractivity contribution in [3.05, 3.63) is 12.4 Å². The summed E-state index contributed by atoms with van der Waals surface area (Å²) in [5.41, 5.74) is -5.27. The average Bonchev–Trinajstić information content (AvgIpc) is 1.99. The number of hydrogen-bond acceptors (Lipinski definition) is 2. The number of carbonyl (C=O) groups excluding carboxylic acids is 1. The second kappa shape index (κ2) is 4.04. The van der Waals surface area contributed by atoms with Crippen molar-refractivity contribution in [2.45, 2.75) is 24.4 Å². The fraction of sp³-hybridized carbons (Fsp3) is 0.571. The van der Waals surface area contributed by atoms with E-state index in [0.717, 1.165) is 0 Å². The first kappa shape index (κ1) is 14.9. The minimum absolute atomic E-state index is 1.99. The number of ketones is 1. The molecule has 9 heteroatoms. The van der Waals surface area contributed by atoms with Crippen LogP contribution in [0.2, 0.25) is 0 Å². The predicted octanol–water partition coefficient (Wildman–Crippen LogP) is 2.28. The van der Waals surface area contributed by atoms with Crippen LogP contribution in [0.1, 0.15) is 6.42 Å². The van der Waals surface area contributed by atoms with Crippen LogP contribution in [-0.2, 0) is 4.79 Å². The van der Waals surface area contributed by atoms with Crippen LogP contribution in [0.4, 0.5) is 30.7 Å². The van der Waals surface area contributed by atoms with Crippen molar-refractivity contribution in [2.75, 3.05) is 0 Å². The minimum atomic E-state index is -6.14. The molecular formula is C7H5F7O2. The topological polar surface area (TPSA) is 37.3 Å². The number of halogens is 7. The van der Waals surface area contributed by atoms with Gasteiger partial charge in [-0.2, -0.15) is 26.3 Å². The third-order valence-corrected chi connectivity index (χ3v) is 1.66. The Kier molecular flexibility index (Phi) is 3.76. The number of aliphatic hydroxyl groups is 1. The zero-order chi connectivity index (χ0) is 13.4. The lowest BCUT2D eigenvalue weighted by Crippen LogP contribution is -2.57. The van der Waals surface area contributed by atoms with E-state index in [1.165, 1.54) is 0 Å². The van der Waals surface area contributed by atoms with Gasteiger partial charge in [-0.1, -0.05) is 6.58 Å². The van der Waals surface area contributed by atoms with Gasteiger partial charge in [0.25, 0.3) is 5.60 Å². The molecule has 0 rings (SSSR count). The first-order valence-corrected chi connectivity index (χ1v) is 3.56. The van der Waals surface area contributed by atoms with E-state index in [9.17, 15) is 35.5 Å². The molecule has 16 heavy (non-hydrogen) atoms. The molecule has 0 fully saturated rings. The molecule has 0 heterocycles. The fourth-order valence-corrected chi connectivity index (χ4v) is 0.689. The molecule has 1 N–H and O–H groups in total. The molecule has 0 saturated carbocycles. The van der Waals surface area contributed by atoms with Gasteiger partial charge in [0.1, 0.15) is 0 Å². The molecule has 0 bridgehead atoms. The highest BCUT2D eigenvalue weighted by Gasteiger charge is 2.71. The summed E-state index contributed by atoms with van der Waals surface area (Å²) in [7, 11) is 0. The maximum atomic E-state index is 12.0. The van der Waals surface area contributed by atoms with E-state index >= 15 is 0 Å². The zero-order valence-corrected chi connectivity index (χ0v) is 7.42. The smallest absolute Gasteiger partial charge is 0.373 e. The largest absolute Gasteiger partial charge is 0.426 e. The lowest BCUT2D eigenvalue weighted by molar-refractivity contribution is -0.366. The van der Waals surface area contributed by atoms with E-state index in [4.69, 9.17) is 5.11 Å². The number of Topliss-reactive ketones (excluding diaryl/α,β-unsaturated/α-hetero) is 1. The normalized spacial score (nSPS) is 13.8. The van der Waals surface area contributed by atoms with E-state index < -0.39 is 36.0 Å². The van der Waals surface area contributed by atoms with Gasteiger partial charge < -0.3 is 5.11 Å². The average molecular weight is 254 g/mol. The summed E-state index contributed by atoms with van der Waals surface area (Å²) < 4.78 is 83.7. The van der Waals surface area contributed by atoms with Crippen molar-refractivity contribution < 1.29 is 40.6 Å². The third kappa shape index (κ3) is 2.71. The summed E-state index contributed by atoms with van der Waals surface area (Å²) in [5, 5.41) is 8.43. The number of hydrogen-bond donors (Lipinski definition) is 1. The number of allylic oxidation sites excluding steroid dienone is 1. The predicted molar refractivity (Wildman–Crippen MR) is 36.9 cm³/mol. The van der Waals surface area contributed by atoms with Crippen LogP contribution in [0.5, 0.6) is 0 Å². The standard InChI is InChI=1S/C7H5F7O2/c1-3(8)4(15)2-5(16,6(9,10)11)7(12,13)14/h16H,1-2H2. The summed E-state index contributed by atoms with van der Waals surface area (Å²) in [5.74, 6) is -4.16. The highest BCUT2D eigenvalue weighted by Crippen LogP contribution is 2.45. The summed E-state index contributed by atoms with van der Waals surface area (Å²) in [6.45, 7) is 2.24. The molecule has 94 valence electrons. The van der Waals surface area contributed by atoms with Crippen molar-refractivity contribution in [1.82, 2.24) is 0 Å². The molecule has 0 aliphatic rings. The minimum Gasteiger partial charge on any atom is -0.373 e. The van der Waals surface area contributed by atoms with Gasteiger partial charge in [0.15, 0.2) is 11.6 Å². The van der Waals surface area contributed by atoms with E-state index in [-0.39, 0.29) is 0 Å². The van der Waals surface area contributed by atoms with Gasteiger partial charge >= 0.3 is 12.4 Å². The molecule has 0 amide bonds. The van der Waals surface area contributed by atoms with Crippen LogP contribution in [0.15, 0.2) is 12.4 Å². The summed E-state index contributed by atoms with van der Waals surface area (Å²) in [6, 6.07) is 0.